The van der Waals surface area contributed by atoms with Gasteiger partial charge in [0.2, 0.25) is 0 Å². The third-order valence-corrected chi connectivity index (χ3v) is 4.18. The number of fused-ring (bicyclic) bond motifs is 1. The number of aromatic nitrogens is 2. The molecule has 1 aromatic heterocycles. The van der Waals surface area contributed by atoms with E-state index in [1.807, 2.05) is 46.1 Å². The third-order valence-electron chi connectivity index (χ3n) is 4.18. The first-order chi connectivity index (χ1) is 12.7. The number of nitrogen functional groups attached to an aromatic ring is 1. The van der Waals surface area contributed by atoms with Crippen LogP contribution >= 0.6 is 0 Å². The minimum atomic E-state index is 0.476. The van der Waals surface area contributed by atoms with Crippen molar-refractivity contribution in [2.45, 2.75) is 59.3 Å². The Balaban J connectivity index is 0.000000412. The van der Waals surface area contributed by atoms with Gasteiger partial charge >= 0.3 is 0 Å². The smallest absolute Gasteiger partial charge is 0.134 e. The highest BCUT2D eigenvalue weighted by Gasteiger charge is 2.09. The highest BCUT2D eigenvalue weighted by molar-refractivity contribution is 5.88. The topological polar surface area (TPSA) is 73.1 Å². The lowest BCUT2D eigenvalue weighted by molar-refractivity contribution is 0.349. The number of methoxy groups -OCH3 is 1. The van der Waals surface area contributed by atoms with Gasteiger partial charge in [0, 0.05) is 5.39 Å². The van der Waals surface area contributed by atoms with Crippen molar-refractivity contribution in [2.24, 2.45) is 5.92 Å². The lowest BCUT2D eigenvalue weighted by Crippen LogP contribution is -2.03. The zero-order chi connectivity index (χ0) is 19.8. The molecule has 0 amide bonds. The molecule has 1 aliphatic rings. The second-order valence-electron chi connectivity index (χ2n) is 6.05. The van der Waals surface area contributed by atoms with Gasteiger partial charge in [0.1, 0.15) is 17.9 Å². The highest BCUT2D eigenvalue weighted by atomic mass is 16.5. The molecule has 0 bridgehead atoms. The van der Waals surface area contributed by atoms with Crippen molar-refractivity contribution < 1.29 is 4.74 Å². The molecule has 0 saturated heterocycles. The summed E-state index contributed by atoms with van der Waals surface area (Å²) in [4.78, 5) is 7.96. The first kappa shape index (κ1) is 24.1. The van der Waals surface area contributed by atoms with E-state index in [0.717, 1.165) is 22.6 Å². The van der Waals surface area contributed by atoms with Crippen LogP contribution in [-0.4, -0.2) is 31.2 Å². The van der Waals surface area contributed by atoms with E-state index in [1.165, 1.54) is 44.9 Å². The van der Waals surface area contributed by atoms with Crippen LogP contribution in [0.3, 0.4) is 0 Å². The normalized spacial score (nSPS) is 13.3. The van der Waals surface area contributed by atoms with E-state index in [0.29, 0.717) is 5.82 Å². The number of nitrogens with two attached hydrogens (primary N) is 1. The first-order valence-electron chi connectivity index (χ1n) is 9.78. The zero-order valence-electron chi connectivity index (χ0n) is 17.5. The number of hydrogen-bond donors (Lipinski definition) is 2. The fraction of sp³-hybridized carbons (Fsp3) is 0.619. The molecule has 0 radical (unpaired) electrons. The molecule has 1 aliphatic carbocycles. The fourth-order valence-corrected chi connectivity index (χ4v) is 2.78. The number of benzene rings is 1. The summed E-state index contributed by atoms with van der Waals surface area (Å²) in [5.41, 5.74) is 6.50. The van der Waals surface area contributed by atoms with Crippen molar-refractivity contribution >= 4 is 16.7 Å². The summed E-state index contributed by atoms with van der Waals surface area (Å²) in [7, 11) is 5.36. The largest absolute Gasteiger partial charge is 0.497 e. The quantitative estimate of drug-likeness (QED) is 0.781. The Morgan fingerprint density at radius 1 is 1.12 bits per heavy atom. The number of anilines is 1. The van der Waals surface area contributed by atoms with Crippen LogP contribution in [0, 0.1) is 5.92 Å². The first-order valence-corrected chi connectivity index (χ1v) is 9.78. The molecule has 5 nitrogen and oxygen atoms in total. The predicted molar refractivity (Wildman–Crippen MR) is 114 cm³/mol. The van der Waals surface area contributed by atoms with Crippen LogP contribution in [0.25, 0.3) is 10.9 Å². The van der Waals surface area contributed by atoms with Gasteiger partial charge in [0.05, 0.1) is 12.6 Å². The van der Waals surface area contributed by atoms with E-state index in [4.69, 9.17) is 10.5 Å². The summed E-state index contributed by atoms with van der Waals surface area (Å²) in [6.45, 7) is 6.32. The SMILES string of the molecule is CC.CCC1CCCCC1.CNC.COc1ccc2ncnc(N)c2c1. The molecule has 1 saturated carbocycles. The minimum absolute atomic E-state index is 0.476. The van der Waals surface area contributed by atoms with E-state index in [9.17, 15) is 0 Å². The maximum Gasteiger partial charge on any atom is 0.134 e. The molecule has 5 heteroatoms. The summed E-state index contributed by atoms with van der Waals surface area (Å²) < 4.78 is 5.07. The molecule has 2 aromatic rings. The standard InChI is InChI=1S/C9H9N3O.C8H16.C2H7N.C2H6/c1-13-6-2-3-8-7(4-6)9(10)12-5-11-8;1-2-8-6-4-3-5-7-8;1-3-2;1-2/h2-5H,1H3,(H2,10,11,12);8H,2-7H2,1H3;3H,1-2H3;1-2H3. The maximum atomic E-state index is 5.67. The average molecular weight is 363 g/mol. The van der Waals surface area contributed by atoms with Crippen molar-refractivity contribution in [3.05, 3.63) is 24.5 Å². The van der Waals surface area contributed by atoms with Gasteiger partial charge in [-0.25, -0.2) is 9.97 Å². The van der Waals surface area contributed by atoms with E-state index >= 15 is 0 Å². The second-order valence-corrected chi connectivity index (χ2v) is 6.05. The van der Waals surface area contributed by atoms with Gasteiger partial charge in [-0.1, -0.05) is 59.3 Å². The van der Waals surface area contributed by atoms with E-state index in [-0.39, 0.29) is 0 Å². The maximum absolute atomic E-state index is 5.67. The molecule has 1 fully saturated rings. The molecule has 148 valence electrons. The molecular formula is C21H38N4O. The van der Waals surface area contributed by atoms with Crippen LogP contribution in [-0.2, 0) is 0 Å². The summed E-state index contributed by atoms with van der Waals surface area (Å²) in [5, 5.41) is 3.57. The zero-order valence-corrected chi connectivity index (χ0v) is 17.5. The van der Waals surface area contributed by atoms with Gasteiger partial charge in [0.15, 0.2) is 0 Å². The Bertz CT molecular complexity index is 583. The molecule has 0 atom stereocenters. The van der Waals surface area contributed by atoms with Crippen molar-refractivity contribution in [3.8, 4) is 5.75 Å². The Morgan fingerprint density at radius 2 is 1.73 bits per heavy atom. The summed E-state index contributed by atoms with van der Waals surface area (Å²) in [6.07, 6.45) is 10.4. The summed E-state index contributed by atoms with van der Waals surface area (Å²) in [5.74, 6) is 2.32. The van der Waals surface area contributed by atoms with Crippen molar-refractivity contribution in [1.82, 2.24) is 15.3 Å². The Kier molecular flexibility index (Phi) is 14.3. The number of nitrogens with zero attached hydrogens (tertiary/aromatic N) is 2. The molecule has 0 spiro atoms. The molecular weight excluding hydrogens is 324 g/mol. The summed E-state index contributed by atoms with van der Waals surface area (Å²) in [6, 6.07) is 5.52. The van der Waals surface area contributed by atoms with Crippen molar-refractivity contribution in [3.63, 3.8) is 0 Å². The van der Waals surface area contributed by atoms with Crippen LogP contribution in [0.2, 0.25) is 0 Å². The van der Waals surface area contributed by atoms with Gasteiger partial charge < -0.3 is 15.8 Å². The number of nitrogens with one attached hydrogen (secondary N) is 1. The van der Waals surface area contributed by atoms with Crippen molar-refractivity contribution in [1.29, 1.82) is 0 Å². The molecule has 1 heterocycles. The van der Waals surface area contributed by atoms with Crippen LogP contribution < -0.4 is 15.8 Å². The van der Waals surface area contributed by atoms with E-state index in [2.05, 4.69) is 22.2 Å². The molecule has 0 aliphatic heterocycles. The Hall–Kier alpha value is -1.88. The molecule has 3 N–H and O–H groups in total. The third kappa shape index (κ3) is 8.99. The number of ether oxygens (including phenoxy) is 1. The van der Waals surface area contributed by atoms with Crippen LogP contribution in [0.15, 0.2) is 24.5 Å². The average Bonchev–Trinajstić information content (AvgIpc) is 2.71. The van der Waals surface area contributed by atoms with Crippen LogP contribution in [0.1, 0.15) is 59.3 Å². The van der Waals surface area contributed by atoms with Crippen LogP contribution in [0.4, 0.5) is 5.82 Å². The van der Waals surface area contributed by atoms with Crippen LogP contribution in [0.5, 0.6) is 5.75 Å². The van der Waals surface area contributed by atoms with Gasteiger partial charge in [-0.15, -0.1) is 0 Å². The van der Waals surface area contributed by atoms with E-state index < -0.39 is 0 Å². The molecule has 1 aromatic carbocycles. The lowest BCUT2D eigenvalue weighted by Gasteiger charge is -2.18. The fourth-order valence-electron chi connectivity index (χ4n) is 2.78. The predicted octanol–water partition coefficient (Wildman–Crippen LogP) is 5.06. The molecule has 26 heavy (non-hydrogen) atoms. The second kappa shape index (κ2) is 15.4. The molecule has 3 rings (SSSR count). The van der Waals surface area contributed by atoms with Gasteiger partial charge in [0.25, 0.3) is 0 Å². The van der Waals surface area contributed by atoms with Gasteiger partial charge in [-0.3, -0.25) is 0 Å². The van der Waals surface area contributed by atoms with Crippen molar-refractivity contribution in [2.75, 3.05) is 26.9 Å². The molecule has 0 unspecified atom stereocenters. The van der Waals surface area contributed by atoms with E-state index in [1.54, 1.807) is 7.11 Å². The lowest BCUT2D eigenvalue weighted by atomic mass is 9.88. The summed E-state index contributed by atoms with van der Waals surface area (Å²) >= 11 is 0. The Labute approximate surface area is 159 Å². The number of rotatable bonds is 2. The number of hydrogen-bond acceptors (Lipinski definition) is 5. The monoisotopic (exact) mass is 362 g/mol. The van der Waals surface area contributed by atoms with Gasteiger partial charge in [-0.05, 0) is 38.2 Å². The van der Waals surface area contributed by atoms with Gasteiger partial charge in [-0.2, -0.15) is 0 Å². The highest BCUT2D eigenvalue weighted by Crippen LogP contribution is 2.25. The Morgan fingerprint density at radius 3 is 2.23 bits per heavy atom. The minimum Gasteiger partial charge on any atom is -0.497 e.